The minimum Gasteiger partial charge on any atom is -0.465 e. The van der Waals surface area contributed by atoms with Gasteiger partial charge in [0.1, 0.15) is 0 Å². The Balaban J connectivity index is 2.18. The molecule has 1 saturated heterocycles. The lowest BCUT2D eigenvalue weighted by Crippen LogP contribution is -2.29. The first-order valence-electron chi connectivity index (χ1n) is 6.18. The van der Waals surface area contributed by atoms with Gasteiger partial charge < -0.3 is 9.64 Å². The van der Waals surface area contributed by atoms with Crippen molar-refractivity contribution in [3.05, 3.63) is 10.0 Å². The quantitative estimate of drug-likeness (QED) is 0.799. The third-order valence-corrected chi connectivity index (χ3v) is 5.71. The highest BCUT2D eigenvalue weighted by molar-refractivity contribution is 7.99. The van der Waals surface area contributed by atoms with Crippen molar-refractivity contribution in [1.82, 2.24) is 4.98 Å². The number of rotatable bonds is 3. The molecule has 106 valence electrons. The number of hydrogen-bond acceptors (Lipinski definition) is 6. The summed E-state index contributed by atoms with van der Waals surface area (Å²) in [6.45, 7) is 1.94. The van der Waals surface area contributed by atoms with Crippen LogP contribution in [0.4, 0.5) is 5.13 Å². The van der Waals surface area contributed by atoms with Crippen LogP contribution in [0, 0.1) is 0 Å². The van der Waals surface area contributed by atoms with Gasteiger partial charge in [-0.25, -0.2) is 9.78 Å². The monoisotopic (exact) mass is 320 g/mol. The van der Waals surface area contributed by atoms with Gasteiger partial charge in [0.2, 0.25) is 0 Å². The normalized spacial score (nSPS) is 20.2. The first-order chi connectivity index (χ1) is 9.15. The van der Waals surface area contributed by atoms with Crippen LogP contribution < -0.4 is 4.90 Å². The molecule has 1 aromatic heterocycles. The molecule has 2 rings (SSSR count). The zero-order valence-electron chi connectivity index (χ0n) is 11.0. The van der Waals surface area contributed by atoms with Crippen LogP contribution in [0.3, 0.4) is 0 Å². The Labute approximate surface area is 126 Å². The number of nitrogens with zero attached hydrogens (tertiary/aromatic N) is 2. The largest absolute Gasteiger partial charge is 0.465 e. The van der Waals surface area contributed by atoms with E-state index in [9.17, 15) is 4.79 Å². The topological polar surface area (TPSA) is 42.4 Å². The lowest BCUT2D eigenvalue weighted by atomic mass is 10.2. The van der Waals surface area contributed by atoms with Gasteiger partial charge >= 0.3 is 5.97 Å². The number of methoxy groups -OCH3 is 1. The second-order valence-electron chi connectivity index (χ2n) is 4.41. The van der Waals surface area contributed by atoms with Crippen LogP contribution in [0.25, 0.3) is 0 Å². The molecule has 1 aliphatic heterocycles. The Morgan fingerprint density at radius 2 is 2.37 bits per heavy atom. The molecule has 0 bridgehead atoms. The third-order valence-electron chi connectivity index (χ3n) is 3.18. The van der Waals surface area contributed by atoms with Crippen molar-refractivity contribution in [3.63, 3.8) is 0 Å². The van der Waals surface area contributed by atoms with Crippen LogP contribution in [-0.2, 0) is 4.74 Å². The SMILES string of the molecule is COC(=O)c1sc(N2CCCCC(SC)C2)nc1Cl. The number of thioether (sulfide) groups is 1. The fraction of sp³-hybridized carbons (Fsp3) is 0.667. The molecule has 7 heteroatoms. The number of hydrogen-bond donors (Lipinski definition) is 0. The number of carbonyl (C=O) groups is 1. The minimum atomic E-state index is -0.412. The summed E-state index contributed by atoms with van der Waals surface area (Å²) in [5.41, 5.74) is 0. The van der Waals surface area contributed by atoms with E-state index in [1.54, 1.807) is 0 Å². The smallest absolute Gasteiger partial charge is 0.351 e. The molecule has 19 heavy (non-hydrogen) atoms. The number of anilines is 1. The summed E-state index contributed by atoms with van der Waals surface area (Å²) in [5.74, 6) is -0.412. The molecule has 0 amide bonds. The Bertz CT molecular complexity index is 453. The van der Waals surface area contributed by atoms with Crippen LogP contribution in [0.2, 0.25) is 5.15 Å². The Kier molecular flexibility index (Phi) is 5.36. The van der Waals surface area contributed by atoms with E-state index in [1.807, 2.05) is 11.8 Å². The standard InChI is InChI=1S/C12H17ClN2O2S2/c1-17-11(16)9-10(13)14-12(19-9)15-6-4-3-5-8(7-15)18-2/h8H,3-7H2,1-2H3. The van der Waals surface area contributed by atoms with Crippen LogP contribution in [0.5, 0.6) is 0 Å². The third kappa shape index (κ3) is 3.55. The molecule has 2 heterocycles. The Morgan fingerprint density at radius 1 is 1.58 bits per heavy atom. The number of esters is 1. The molecule has 0 spiro atoms. The number of ether oxygens (including phenoxy) is 1. The van der Waals surface area contributed by atoms with Crippen LogP contribution in [0.1, 0.15) is 28.9 Å². The highest BCUT2D eigenvalue weighted by atomic mass is 35.5. The van der Waals surface area contributed by atoms with E-state index in [0.717, 1.165) is 24.6 Å². The molecule has 4 nitrogen and oxygen atoms in total. The molecular weight excluding hydrogens is 304 g/mol. The van der Waals surface area contributed by atoms with Crippen molar-refractivity contribution in [1.29, 1.82) is 0 Å². The fourth-order valence-electron chi connectivity index (χ4n) is 2.11. The van der Waals surface area contributed by atoms with Crippen LogP contribution >= 0.6 is 34.7 Å². The van der Waals surface area contributed by atoms with Crippen molar-refractivity contribution >= 4 is 45.8 Å². The summed E-state index contributed by atoms with van der Waals surface area (Å²) in [7, 11) is 1.35. The first-order valence-corrected chi connectivity index (χ1v) is 8.66. The highest BCUT2D eigenvalue weighted by Gasteiger charge is 2.23. The van der Waals surface area contributed by atoms with E-state index < -0.39 is 5.97 Å². The van der Waals surface area contributed by atoms with Crippen molar-refractivity contribution in [2.45, 2.75) is 24.5 Å². The molecular formula is C12H17ClN2O2S2. The lowest BCUT2D eigenvalue weighted by Gasteiger charge is -2.22. The summed E-state index contributed by atoms with van der Waals surface area (Å²) in [4.78, 5) is 18.5. The Hall–Kier alpha value is -0.460. The van der Waals surface area contributed by atoms with Gasteiger partial charge in [0.25, 0.3) is 0 Å². The van der Waals surface area contributed by atoms with Gasteiger partial charge in [-0.2, -0.15) is 11.8 Å². The predicted octanol–water partition coefficient (Wildman–Crippen LogP) is 3.31. The van der Waals surface area contributed by atoms with Gasteiger partial charge in [-0.3, -0.25) is 0 Å². The summed E-state index contributed by atoms with van der Waals surface area (Å²) >= 11 is 9.22. The maximum atomic E-state index is 11.6. The van der Waals surface area contributed by atoms with Crippen LogP contribution in [0.15, 0.2) is 0 Å². The maximum absolute atomic E-state index is 11.6. The van der Waals surface area contributed by atoms with Gasteiger partial charge in [0.05, 0.1) is 7.11 Å². The maximum Gasteiger partial charge on any atom is 0.351 e. The molecule has 1 fully saturated rings. The van der Waals surface area contributed by atoms with Crippen LogP contribution in [-0.4, -0.2) is 42.7 Å². The molecule has 0 aliphatic carbocycles. The summed E-state index contributed by atoms with van der Waals surface area (Å²) in [6, 6.07) is 0. The zero-order valence-corrected chi connectivity index (χ0v) is 13.4. The number of halogens is 1. The molecule has 0 N–H and O–H groups in total. The summed E-state index contributed by atoms with van der Waals surface area (Å²) < 4.78 is 4.71. The van der Waals surface area contributed by atoms with Crippen molar-refractivity contribution in [2.24, 2.45) is 0 Å². The molecule has 1 aromatic rings. The van der Waals surface area contributed by atoms with E-state index >= 15 is 0 Å². The molecule has 0 radical (unpaired) electrons. The van der Waals surface area contributed by atoms with E-state index in [1.165, 1.54) is 31.3 Å². The average molecular weight is 321 g/mol. The first kappa shape index (κ1) is 14.9. The van der Waals surface area contributed by atoms with Gasteiger partial charge in [0.15, 0.2) is 15.2 Å². The number of aromatic nitrogens is 1. The predicted molar refractivity (Wildman–Crippen MR) is 81.8 cm³/mol. The second-order valence-corrected chi connectivity index (χ2v) is 6.88. The van der Waals surface area contributed by atoms with E-state index in [2.05, 4.69) is 16.1 Å². The van der Waals surface area contributed by atoms with Gasteiger partial charge in [-0.1, -0.05) is 29.4 Å². The summed E-state index contributed by atoms with van der Waals surface area (Å²) in [6.07, 6.45) is 5.77. The number of carbonyl (C=O) groups excluding carboxylic acids is 1. The van der Waals surface area contributed by atoms with Crippen molar-refractivity contribution < 1.29 is 9.53 Å². The molecule has 1 aliphatic rings. The van der Waals surface area contributed by atoms with E-state index in [0.29, 0.717) is 10.1 Å². The Morgan fingerprint density at radius 3 is 3.05 bits per heavy atom. The highest BCUT2D eigenvalue weighted by Crippen LogP contribution is 2.32. The fourth-order valence-corrected chi connectivity index (χ4v) is 4.08. The molecule has 0 saturated carbocycles. The average Bonchev–Trinajstić information content (AvgIpc) is 2.66. The lowest BCUT2D eigenvalue weighted by molar-refractivity contribution is 0.0606. The zero-order chi connectivity index (χ0) is 13.8. The van der Waals surface area contributed by atoms with Gasteiger partial charge in [-0.05, 0) is 19.1 Å². The van der Waals surface area contributed by atoms with Gasteiger partial charge in [-0.15, -0.1) is 0 Å². The second kappa shape index (κ2) is 6.81. The molecule has 1 unspecified atom stereocenters. The summed E-state index contributed by atoms with van der Waals surface area (Å²) in [5, 5.41) is 1.69. The van der Waals surface area contributed by atoms with E-state index in [4.69, 9.17) is 16.3 Å². The molecule has 0 aromatic carbocycles. The van der Waals surface area contributed by atoms with Crippen molar-refractivity contribution in [2.75, 3.05) is 31.4 Å². The minimum absolute atomic E-state index is 0.247. The van der Waals surface area contributed by atoms with Crippen molar-refractivity contribution in [3.8, 4) is 0 Å². The molecule has 1 atom stereocenters. The number of thiazole rings is 1. The van der Waals surface area contributed by atoms with Gasteiger partial charge in [0, 0.05) is 18.3 Å². The van der Waals surface area contributed by atoms with E-state index in [-0.39, 0.29) is 5.15 Å².